The van der Waals surface area contributed by atoms with Crippen molar-refractivity contribution in [2.45, 2.75) is 57.2 Å². The molecule has 2 unspecified atom stereocenters. The quantitative estimate of drug-likeness (QED) is 0.328. The second-order valence-electron chi connectivity index (χ2n) is 7.04. The number of rotatable bonds is 6. The van der Waals surface area contributed by atoms with Gasteiger partial charge in [0.25, 0.3) is 0 Å². The number of ether oxygens (including phenoxy) is 2. The molecule has 0 aromatic heterocycles. The third kappa shape index (κ3) is 3.88. The van der Waals surface area contributed by atoms with Crippen LogP contribution in [0.2, 0.25) is 0 Å². The molecule has 0 bridgehead atoms. The van der Waals surface area contributed by atoms with Gasteiger partial charge in [0.2, 0.25) is 0 Å². The van der Waals surface area contributed by atoms with E-state index in [1.165, 1.54) is 0 Å². The minimum absolute atomic E-state index is 0.143. The second-order valence-corrected chi connectivity index (χ2v) is 9.84. The van der Waals surface area contributed by atoms with E-state index in [-0.39, 0.29) is 26.3 Å². The van der Waals surface area contributed by atoms with E-state index in [4.69, 9.17) is 9.47 Å². The zero-order valence-electron chi connectivity index (χ0n) is 14.4. The summed E-state index contributed by atoms with van der Waals surface area (Å²) in [6.45, 7) is 11.8. The Bertz CT molecular complexity index is 564. The first-order valence-electron chi connectivity index (χ1n) is 8.01. The summed E-state index contributed by atoms with van der Waals surface area (Å²) in [7, 11) is 0. The molecule has 0 spiro atoms. The third-order valence-corrected chi connectivity index (χ3v) is 6.97. The summed E-state index contributed by atoms with van der Waals surface area (Å²) in [5.41, 5.74) is -0.282. The summed E-state index contributed by atoms with van der Waals surface area (Å²) in [5, 5.41) is 0. The van der Waals surface area contributed by atoms with Gasteiger partial charge in [0, 0.05) is 0 Å². The molecule has 3 nitrogen and oxygen atoms in total. The molecule has 0 radical (unpaired) electrons. The summed E-state index contributed by atoms with van der Waals surface area (Å²) in [5.74, 6) is -1.11. The van der Waals surface area contributed by atoms with Crippen LogP contribution >= 0.6 is 0 Å². The van der Waals surface area contributed by atoms with Gasteiger partial charge < -0.3 is 0 Å². The summed E-state index contributed by atoms with van der Waals surface area (Å²) < 4.78 is 12.4. The molecule has 4 heteroatoms. The van der Waals surface area contributed by atoms with Gasteiger partial charge in [-0.1, -0.05) is 0 Å². The first-order valence-corrected chi connectivity index (χ1v) is 9.72. The molecule has 2 rings (SSSR count). The SMILES string of the molecule is C=CCCCC1([Se]c2ccccc2)OC(C)(C(C)(C)C)OC1=O. The fourth-order valence-corrected chi connectivity index (χ4v) is 4.98. The Labute approximate surface area is 145 Å². The standard InChI is InChI=1S/C19H26O3Se/c1-6-7-11-14-19(23-15-12-9-8-10-13-15)16(20)21-18(5,22-19)17(2,3)4/h6,8-10,12-13H,1,7,11,14H2,2-5H3. The van der Waals surface area contributed by atoms with E-state index in [9.17, 15) is 4.79 Å². The average Bonchev–Trinajstić information content (AvgIpc) is 2.72. The van der Waals surface area contributed by atoms with Crippen LogP contribution in [0.4, 0.5) is 0 Å². The number of cyclic esters (lactones) is 1. The van der Waals surface area contributed by atoms with Gasteiger partial charge in [-0.15, -0.1) is 0 Å². The molecule has 1 heterocycles. The molecular formula is C19H26O3Se. The van der Waals surface area contributed by atoms with Gasteiger partial charge in [0.1, 0.15) is 0 Å². The van der Waals surface area contributed by atoms with E-state index in [2.05, 4.69) is 18.7 Å². The summed E-state index contributed by atoms with van der Waals surface area (Å²) >= 11 is -0.143. The van der Waals surface area contributed by atoms with Crippen LogP contribution in [-0.4, -0.2) is 31.2 Å². The van der Waals surface area contributed by atoms with Crippen molar-refractivity contribution in [3.05, 3.63) is 43.0 Å². The van der Waals surface area contributed by atoms with Crippen LogP contribution in [0.5, 0.6) is 0 Å². The molecule has 0 N–H and O–H groups in total. The number of esters is 1. The third-order valence-electron chi connectivity index (χ3n) is 4.26. The van der Waals surface area contributed by atoms with Gasteiger partial charge in [-0.05, 0) is 0 Å². The minimum atomic E-state index is -0.894. The van der Waals surface area contributed by atoms with Crippen molar-refractivity contribution in [2.75, 3.05) is 0 Å². The van der Waals surface area contributed by atoms with E-state index in [1.807, 2.05) is 52.0 Å². The Kier molecular flexibility index (Phi) is 5.40. The van der Waals surface area contributed by atoms with Gasteiger partial charge >= 0.3 is 145 Å². The Morgan fingerprint density at radius 1 is 1.26 bits per heavy atom. The van der Waals surface area contributed by atoms with E-state index in [1.54, 1.807) is 0 Å². The van der Waals surface area contributed by atoms with Crippen molar-refractivity contribution in [3.8, 4) is 0 Å². The van der Waals surface area contributed by atoms with Gasteiger partial charge in [-0.2, -0.15) is 0 Å². The maximum atomic E-state index is 12.8. The fraction of sp³-hybridized carbons (Fsp3) is 0.526. The van der Waals surface area contributed by atoms with Gasteiger partial charge in [0.05, 0.1) is 0 Å². The molecule has 23 heavy (non-hydrogen) atoms. The van der Waals surface area contributed by atoms with Crippen LogP contribution in [0, 0.1) is 5.41 Å². The van der Waals surface area contributed by atoms with E-state index in [0.29, 0.717) is 6.42 Å². The predicted molar refractivity (Wildman–Crippen MR) is 93.6 cm³/mol. The van der Waals surface area contributed by atoms with Crippen molar-refractivity contribution in [1.82, 2.24) is 0 Å². The molecule has 1 aromatic carbocycles. The molecule has 126 valence electrons. The number of hydrogen-bond donors (Lipinski definition) is 0. The first kappa shape index (κ1) is 18.3. The van der Waals surface area contributed by atoms with Crippen molar-refractivity contribution in [3.63, 3.8) is 0 Å². The van der Waals surface area contributed by atoms with Crippen molar-refractivity contribution >= 4 is 25.4 Å². The molecule has 1 saturated heterocycles. The van der Waals surface area contributed by atoms with Gasteiger partial charge in [-0.25, -0.2) is 0 Å². The summed E-state index contributed by atoms with van der Waals surface area (Å²) in [6.07, 6.45) is 4.29. The fourth-order valence-electron chi connectivity index (χ4n) is 2.36. The molecule has 2 atom stereocenters. The van der Waals surface area contributed by atoms with Crippen LogP contribution < -0.4 is 4.46 Å². The number of unbranched alkanes of at least 4 members (excludes halogenated alkanes) is 1. The zero-order valence-corrected chi connectivity index (χ0v) is 16.1. The summed E-state index contributed by atoms with van der Waals surface area (Å²) in [4.78, 5) is 12.8. The number of allylic oxidation sites excluding steroid dienone is 1. The molecule has 0 aliphatic carbocycles. The topological polar surface area (TPSA) is 35.5 Å². The Morgan fingerprint density at radius 2 is 1.91 bits per heavy atom. The molecule has 1 fully saturated rings. The van der Waals surface area contributed by atoms with Crippen LogP contribution in [0.3, 0.4) is 0 Å². The van der Waals surface area contributed by atoms with Crippen molar-refractivity contribution < 1.29 is 14.3 Å². The Hall–Kier alpha value is -1.09. The van der Waals surface area contributed by atoms with Crippen LogP contribution in [-0.2, 0) is 14.3 Å². The number of carbonyl (C=O) groups excluding carboxylic acids is 1. The van der Waals surface area contributed by atoms with E-state index >= 15 is 0 Å². The monoisotopic (exact) mass is 382 g/mol. The van der Waals surface area contributed by atoms with Crippen LogP contribution in [0.1, 0.15) is 47.0 Å². The molecule has 0 saturated carbocycles. The van der Waals surface area contributed by atoms with Crippen molar-refractivity contribution in [2.24, 2.45) is 5.41 Å². The van der Waals surface area contributed by atoms with Gasteiger partial charge in [-0.3, -0.25) is 0 Å². The van der Waals surface area contributed by atoms with E-state index < -0.39 is 10.3 Å². The summed E-state index contributed by atoms with van der Waals surface area (Å²) in [6, 6.07) is 10.1. The zero-order chi connectivity index (χ0) is 17.1. The van der Waals surface area contributed by atoms with Crippen molar-refractivity contribution in [1.29, 1.82) is 0 Å². The maximum absolute atomic E-state index is 12.8. The Balaban J connectivity index is 2.30. The normalized spacial score (nSPS) is 27.7. The molecule has 1 aliphatic rings. The molecular weight excluding hydrogens is 355 g/mol. The average molecular weight is 381 g/mol. The second kappa shape index (κ2) is 6.80. The number of carbonyl (C=O) groups is 1. The van der Waals surface area contributed by atoms with E-state index in [0.717, 1.165) is 17.3 Å². The molecule has 1 aliphatic heterocycles. The first-order chi connectivity index (χ1) is 10.7. The predicted octanol–water partition coefficient (Wildman–Crippen LogP) is 3.40. The van der Waals surface area contributed by atoms with Gasteiger partial charge in [0.15, 0.2) is 0 Å². The van der Waals surface area contributed by atoms with Crippen LogP contribution in [0.25, 0.3) is 0 Å². The molecule has 0 amide bonds. The molecule has 1 aromatic rings. The number of hydrogen-bond acceptors (Lipinski definition) is 3. The Morgan fingerprint density at radius 3 is 2.43 bits per heavy atom. The number of benzene rings is 1. The van der Waals surface area contributed by atoms with Crippen LogP contribution in [0.15, 0.2) is 43.0 Å².